The highest BCUT2D eigenvalue weighted by Gasteiger charge is 2.36. The second kappa shape index (κ2) is 52.9. The summed E-state index contributed by atoms with van der Waals surface area (Å²) in [7, 11) is 0. The van der Waals surface area contributed by atoms with Crippen molar-refractivity contribution in [2.24, 2.45) is 11.3 Å². The Morgan fingerprint density at radius 2 is 0.623 bits per heavy atom. The quantitative estimate of drug-likeness (QED) is 0.0358. The Morgan fingerprint density at radius 1 is 0.377 bits per heavy atom. The van der Waals surface area contributed by atoms with Gasteiger partial charge in [-0.05, 0) is 32.1 Å². The van der Waals surface area contributed by atoms with E-state index >= 15 is 0 Å². The molecular formula is C63H120O6. The van der Waals surface area contributed by atoms with E-state index in [-0.39, 0.29) is 19.6 Å². The highest BCUT2D eigenvalue weighted by Crippen LogP contribution is 2.25. The Labute approximate surface area is 430 Å². The summed E-state index contributed by atoms with van der Waals surface area (Å²) >= 11 is 0. The van der Waals surface area contributed by atoms with E-state index in [1.807, 2.05) is 0 Å². The van der Waals surface area contributed by atoms with Crippen LogP contribution in [0.3, 0.4) is 0 Å². The minimum absolute atomic E-state index is 0.00449. The van der Waals surface area contributed by atoms with Crippen molar-refractivity contribution in [3.8, 4) is 0 Å². The Balaban J connectivity index is 1.69. The minimum Gasteiger partial charge on any atom is -0.465 e. The summed E-state index contributed by atoms with van der Waals surface area (Å²) in [6.45, 7) is 1.21. The van der Waals surface area contributed by atoms with Gasteiger partial charge in [0.1, 0.15) is 13.2 Å². The molecule has 0 aliphatic carbocycles. The Hall–Kier alpha value is -1.40. The molecule has 0 bridgehead atoms. The number of allylic oxidation sites excluding steroid dienone is 2. The smallest absolute Gasteiger partial charge is 0.309 e. The molecule has 2 N–H and O–H groups in total. The number of hydrogen-bond acceptors (Lipinski definition) is 6. The van der Waals surface area contributed by atoms with Gasteiger partial charge in [0.05, 0.1) is 31.0 Å². The van der Waals surface area contributed by atoms with Crippen LogP contribution in [0.2, 0.25) is 0 Å². The molecule has 0 radical (unpaired) electrons. The highest BCUT2D eigenvalue weighted by atomic mass is 16.6. The molecule has 6 heteroatoms. The van der Waals surface area contributed by atoms with Crippen molar-refractivity contribution in [3.63, 3.8) is 0 Å². The molecule has 1 fully saturated rings. The zero-order valence-electron chi connectivity index (χ0n) is 46.4. The first kappa shape index (κ1) is 65.6. The van der Waals surface area contributed by atoms with Gasteiger partial charge in [-0.2, -0.15) is 0 Å². The van der Waals surface area contributed by atoms with Gasteiger partial charge < -0.3 is 19.7 Å². The fourth-order valence-electron chi connectivity index (χ4n) is 10.4. The van der Waals surface area contributed by atoms with Crippen LogP contribution in [0.1, 0.15) is 341 Å². The molecule has 0 aromatic carbocycles. The molecule has 408 valence electrons. The molecule has 1 atom stereocenters. The Morgan fingerprint density at radius 3 is 0.899 bits per heavy atom. The first-order valence-corrected chi connectivity index (χ1v) is 31.3. The lowest BCUT2D eigenvalue weighted by Crippen LogP contribution is -2.40. The van der Waals surface area contributed by atoms with Crippen LogP contribution in [0.5, 0.6) is 0 Å². The van der Waals surface area contributed by atoms with E-state index < -0.39 is 36.5 Å². The van der Waals surface area contributed by atoms with Crippen LogP contribution in [-0.2, 0) is 19.1 Å². The molecule has 1 unspecified atom stereocenters. The molecular weight excluding hydrogens is 853 g/mol. The van der Waals surface area contributed by atoms with E-state index in [1.54, 1.807) is 0 Å². The van der Waals surface area contributed by atoms with Crippen LogP contribution in [0, 0.1) is 11.3 Å². The highest BCUT2D eigenvalue weighted by molar-refractivity contribution is 5.80. The maximum Gasteiger partial charge on any atom is 0.309 e. The number of aliphatic hydroxyl groups excluding tert-OH is 2. The Kier molecular flexibility index (Phi) is 50.3. The zero-order valence-corrected chi connectivity index (χ0v) is 46.4. The van der Waals surface area contributed by atoms with Gasteiger partial charge in [-0.3, -0.25) is 9.59 Å². The summed E-state index contributed by atoms with van der Waals surface area (Å²) in [5.74, 6) is -1.40. The third-order valence-electron chi connectivity index (χ3n) is 15.5. The van der Waals surface area contributed by atoms with Crippen molar-refractivity contribution < 1.29 is 29.3 Å². The number of esters is 2. The van der Waals surface area contributed by atoms with Gasteiger partial charge in [-0.25, -0.2) is 0 Å². The van der Waals surface area contributed by atoms with Crippen LogP contribution >= 0.6 is 0 Å². The first-order valence-electron chi connectivity index (χ1n) is 31.3. The van der Waals surface area contributed by atoms with Crippen LogP contribution < -0.4 is 0 Å². The molecule has 1 aliphatic heterocycles. The third kappa shape index (κ3) is 45.0. The molecule has 0 saturated carbocycles. The van der Waals surface area contributed by atoms with Crippen LogP contribution in [0.15, 0.2) is 12.2 Å². The number of carbonyl (C=O) groups is 2. The predicted octanol–water partition coefficient (Wildman–Crippen LogP) is 19.5. The second-order valence-electron chi connectivity index (χ2n) is 22.4. The second-order valence-corrected chi connectivity index (χ2v) is 22.4. The first-order chi connectivity index (χ1) is 34.1. The number of hydrogen-bond donors (Lipinski definition) is 2. The van der Waals surface area contributed by atoms with E-state index in [0.29, 0.717) is 6.42 Å². The molecule has 0 aromatic rings. The number of aliphatic hydroxyl groups is 2. The molecule has 0 spiro atoms. The standard InChI is InChI=1S/C63H120O6/c1-2-3-4-5-6-7-8-9-10-11-12-13-14-15-16-17-18-19-20-21-22-23-24-25-26-27-28-29-30-31-32-33-34-35-36-37-38-39-40-41-42-43-44-45-46-47-48-49-50-51-52-53-54-60-55-61(66)68-58-63(56-64,57-65)59-69-62(60)67/h26-27,60,64-65H,2-25,28-59H2,1H3/b27-26+. The molecule has 0 aromatic heterocycles. The topological polar surface area (TPSA) is 93.1 Å². The third-order valence-corrected chi connectivity index (χ3v) is 15.5. The van der Waals surface area contributed by atoms with Crippen LogP contribution in [-0.4, -0.2) is 48.6 Å². The molecule has 1 aliphatic rings. The van der Waals surface area contributed by atoms with Gasteiger partial charge in [0.2, 0.25) is 0 Å². The number of rotatable bonds is 54. The predicted molar refractivity (Wildman–Crippen MR) is 297 cm³/mol. The maximum atomic E-state index is 12.5. The lowest BCUT2D eigenvalue weighted by Gasteiger charge is -2.27. The monoisotopic (exact) mass is 973 g/mol. The van der Waals surface area contributed by atoms with Crippen molar-refractivity contribution >= 4 is 11.9 Å². The molecule has 1 rings (SSSR count). The van der Waals surface area contributed by atoms with E-state index in [0.717, 1.165) is 19.3 Å². The summed E-state index contributed by atoms with van der Waals surface area (Å²) < 4.78 is 10.6. The summed E-state index contributed by atoms with van der Waals surface area (Å²) in [6, 6.07) is 0. The maximum absolute atomic E-state index is 12.5. The number of cyclic esters (lactones) is 2. The largest absolute Gasteiger partial charge is 0.465 e. The fraction of sp³-hybridized carbons (Fsp3) is 0.937. The summed E-state index contributed by atoms with van der Waals surface area (Å²) in [5, 5.41) is 19.2. The van der Waals surface area contributed by atoms with Crippen molar-refractivity contribution in [2.45, 2.75) is 341 Å². The SMILES string of the molecule is CCCCCCCCCCCCCCCCCCCCCCCCC/C=C/CCCCCCCCCCCCCCCCCCCCCCCCCCCC1CC(=O)OCC(CO)(CO)COC1=O. The van der Waals surface area contributed by atoms with Crippen molar-refractivity contribution in [2.75, 3.05) is 26.4 Å². The average Bonchev–Trinajstić information content (AvgIpc) is 3.41. The molecule has 69 heavy (non-hydrogen) atoms. The van der Waals surface area contributed by atoms with E-state index in [2.05, 4.69) is 19.1 Å². The van der Waals surface area contributed by atoms with Crippen molar-refractivity contribution in [1.29, 1.82) is 0 Å². The molecule has 1 saturated heterocycles. The zero-order chi connectivity index (χ0) is 49.7. The summed E-state index contributed by atoms with van der Waals surface area (Å²) in [4.78, 5) is 24.7. The van der Waals surface area contributed by atoms with Gasteiger partial charge in [-0.15, -0.1) is 0 Å². The van der Waals surface area contributed by atoms with E-state index in [4.69, 9.17) is 9.47 Å². The number of unbranched alkanes of at least 4 members (excludes halogenated alkanes) is 48. The van der Waals surface area contributed by atoms with Gasteiger partial charge >= 0.3 is 11.9 Å². The van der Waals surface area contributed by atoms with Crippen LogP contribution in [0.4, 0.5) is 0 Å². The Bertz CT molecular complexity index is 1090. The average molecular weight is 974 g/mol. The normalized spacial score (nSPS) is 15.4. The van der Waals surface area contributed by atoms with Crippen molar-refractivity contribution in [3.05, 3.63) is 12.2 Å². The van der Waals surface area contributed by atoms with Gasteiger partial charge in [-0.1, -0.05) is 314 Å². The van der Waals surface area contributed by atoms with Crippen molar-refractivity contribution in [1.82, 2.24) is 0 Å². The number of carbonyl (C=O) groups excluding carboxylic acids is 2. The lowest BCUT2D eigenvalue weighted by molar-refractivity contribution is -0.155. The number of ether oxygens (including phenoxy) is 2. The van der Waals surface area contributed by atoms with Gasteiger partial charge in [0.25, 0.3) is 0 Å². The van der Waals surface area contributed by atoms with Gasteiger partial charge in [0, 0.05) is 0 Å². The fourth-order valence-corrected chi connectivity index (χ4v) is 10.4. The molecule has 6 nitrogen and oxygen atoms in total. The van der Waals surface area contributed by atoms with E-state index in [9.17, 15) is 19.8 Å². The molecule has 1 heterocycles. The summed E-state index contributed by atoms with van der Waals surface area (Å²) in [6.07, 6.45) is 75.7. The summed E-state index contributed by atoms with van der Waals surface area (Å²) in [5.41, 5.74) is -1.12. The molecule has 0 amide bonds. The van der Waals surface area contributed by atoms with E-state index in [1.165, 1.54) is 302 Å². The minimum atomic E-state index is -1.12. The van der Waals surface area contributed by atoms with Gasteiger partial charge in [0.15, 0.2) is 0 Å². The lowest BCUT2D eigenvalue weighted by atomic mass is 9.92. The van der Waals surface area contributed by atoms with Crippen LogP contribution in [0.25, 0.3) is 0 Å².